The van der Waals surface area contributed by atoms with Gasteiger partial charge < -0.3 is 5.32 Å². The highest BCUT2D eigenvalue weighted by atomic mass is 35.5. The van der Waals surface area contributed by atoms with Crippen molar-refractivity contribution in [1.82, 2.24) is 9.62 Å². The first-order chi connectivity index (χ1) is 9.95. The molecule has 124 valence electrons. The lowest BCUT2D eigenvalue weighted by Crippen LogP contribution is -2.40. The summed E-state index contributed by atoms with van der Waals surface area (Å²) in [6.07, 6.45) is 1.60. The first-order valence-corrected chi connectivity index (χ1v) is 8.28. The van der Waals surface area contributed by atoms with Crippen molar-refractivity contribution >= 4 is 28.1 Å². The Kier molecular flexibility index (Phi) is 6.73. The minimum Gasteiger partial charge on any atom is -0.319 e. The number of nitrogens with zero attached hydrogens (tertiary/aromatic N) is 2. The zero-order chi connectivity index (χ0) is 15.5. The Labute approximate surface area is 136 Å². The van der Waals surface area contributed by atoms with Crippen LogP contribution in [0.3, 0.4) is 0 Å². The zero-order valence-electron chi connectivity index (χ0n) is 12.3. The van der Waals surface area contributed by atoms with Gasteiger partial charge in [-0.3, -0.25) is 10.1 Å². The van der Waals surface area contributed by atoms with Crippen LogP contribution in [0.25, 0.3) is 0 Å². The maximum atomic E-state index is 12.5. The summed E-state index contributed by atoms with van der Waals surface area (Å²) in [6.45, 7) is 1.79. The molecule has 22 heavy (non-hydrogen) atoms. The number of benzene rings is 1. The molecular weight excluding hydrogens is 330 g/mol. The molecular formula is C13H20ClN3O4S. The number of nitro groups is 1. The molecule has 2 rings (SSSR count). The molecule has 0 spiro atoms. The van der Waals surface area contributed by atoms with Crippen LogP contribution in [-0.4, -0.2) is 44.3 Å². The summed E-state index contributed by atoms with van der Waals surface area (Å²) in [4.78, 5) is 10.2. The number of piperidine rings is 1. The highest BCUT2D eigenvalue weighted by molar-refractivity contribution is 7.89. The predicted octanol–water partition coefficient (Wildman–Crippen LogP) is 1.64. The van der Waals surface area contributed by atoms with E-state index in [1.165, 1.54) is 22.5 Å². The van der Waals surface area contributed by atoms with Gasteiger partial charge in [0.1, 0.15) is 0 Å². The van der Waals surface area contributed by atoms with Gasteiger partial charge >= 0.3 is 0 Å². The van der Waals surface area contributed by atoms with Crippen molar-refractivity contribution < 1.29 is 13.3 Å². The standard InChI is InChI=1S/C13H19N3O4S.ClH/c1-14-10-11-5-7-15(8-6-11)21(19,20)13-4-2-3-12(9-13)16(17)18;/h2-4,9,11,14H,5-8,10H2,1H3;1H. The van der Waals surface area contributed by atoms with Crippen molar-refractivity contribution in [3.8, 4) is 0 Å². The van der Waals surface area contributed by atoms with Crippen LogP contribution in [0.15, 0.2) is 29.2 Å². The second-order valence-electron chi connectivity index (χ2n) is 5.16. The van der Waals surface area contributed by atoms with E-state index in [4.69, 9.17) is 0 Å². The smallest absolute Gasteiger partial charge is 0.270 e. The highest BCUT2D eigenvalue weighted by Crippen LogP contribution is 2.25. The van der Waals surface area contributed by atoms with E-state index >= 15 is 0 Å². The summed E-state index contributed by atoms with van der Waals surface area (Å²) in [7, 11) is -1.77. The Morgan fingerprint density at radius 2 is 2.00 bits per heavy atom. The largest absolute Gasteiger partial charge is 0.319 e. The fourth-order valence-corrected chi connectivity index (χ4v) is 4.06. The van der Waals surface area contributed by atoms with Crippen LogP contribution in [0.2, 0.25) is 0 Å². The van der Waals surface area contributed by atoms with E-state index in [0.29, 0.717) is 19.0 Å². The minimum atomic E-state index is -3.65. The summed E-state index contributed by atoms with van der Waals surface area (Å²) in [5.41, 5.74) is -0.207. The summed E-state index contributed by atoms with van der Waals surface area (Å²) in [6, 6.07) is 5.22. The van der Waals surface area contributed by atoms with Crippen LogP contribution >= 0.6 is 12.4 Å². The highest BCUT2D eigenvalue weighted by Gasteiger charge is 2.29. The van der Waals surface area contributed by atoms with Gasteiger partial charge in [-0.25, -0.2) is 8.42 Å². The minimum absolute atomic E-state index is 0. The Hall–Kier alpha value is -1.22. The molecule has 1 aromatic rings. The zero-order valence-corrected chi connectivity index (χ0v) is 13.9. The van der Waals surface area contributed by atoms with Crippen molar-refractivity contribution in [3.05, 3.63) is 34.4 Å². The number of nitrogens with one attached hydrogen (secondary N) is 1. The molecule has 9 heteroatoms. The van der Waals surface area contributed by atoms with Gasteiger partial charge in [0, 0.05) is 25.2 Å². The van der Waals surface area contributed by atoms with E-state index in [1.807, 2.05) is 7.05 Å². The molecule has 0 bridgehead atoms. The second kappa shape index (κ2) is 7.87. The SMILES string of the molecule is CNCC1CCN(S(=O)(=O)c2cccc([N+](=O)[O-])c2)CC1.Cl. The van der Waals surface area contributed by atoms with Gasteiger partial charge in [-0.1, -0.05) is 6.07 Å². The molecule has 0 atom stereocenters. The van der Waals surface area contributed by atoms with Crippen molar-refractivity contribution in [2.24, 2.45) is 5.92 Å². The molecule has 0 unspecified atom stereocenters. The van der Waals surface area contributed by atoms with Crippen LogP contribution in [0.5, 0.6) is 0 Å². The Morgan fingerprint density at radius 3 is 2.55 bits per heavy atom. The second-order valence-corrected chi connectivity index (χ2v) is 7.10. The number of rotatable bonds is 5. The average molecular weight is 350 g/mol. The summed E-state index contributed by atoms with van der Waals surface area (Å²) < 4.78 is 26.4. The Balaban J connectivity index is 0.00000242. The number of non-ortho nitro benzene ring substituents is 1. The molecule has 1 aliphatic heterocycles. The third kappa shape index (κ3) is 4.16. The van der Waals surface area contributed by atoms with Crippen molar-refractivity contribution in [1.29, 1.82) is 0 Å². The fourth-order valence-electron chi connectivity index (χ4n) is 2.55. The van der Waals surface area contributed by atoms with E-state index in [0.717, 1.165) is 25.5 Å². The lowest BCUT2D eigenvalue weighted by atomic mass is 9.98. The van der Waals surface area contributed by atoms with Gasteiger partial charge in [-0.2, -0.15) is 4.31 Å². The molecule has 0 aromatic heterocycles. The van der Waals surface area contributed by atoms with E-state index in [-0.39, 0.29) is 23.0 Å². The molecule has 1 aromatic carbocycles. The van der Waals surface area contributed by atoms with Crippen LogP contribution in [0, 0.1) is 16.0 Å². The summed E-state index contributed by atoms with van der Waals surface area (Å²) in [5.74, 6) is 0.478. The lowest BCUT2D eigenvalue weighted by Gasteiger charge is -2.31. The number of sulfonamides is 1. The predicted molar refractivity (Wildman–Crippen MR) is 85.8 cm³/mol. The number of nitro benzene ring substituents is 1. The lowest BCUT2D eigenvalue weighted by molar-refractivity contribution is -0.385. The van der Waals surface area contributed by atoms with Crippen LogP contribution in [0.1, 0.15) is 12.8 Å². The number of halogens is 1. The van der Waals surface area contributed by atoms with Gasteiger partial charge in [0.2, 0.25) is 10.0 Å². The first kappa shape index (κ1) is 18.8. The van der Waals surface area contributed by atoms with Crippen LogP contribution < -0.4 is 5.32 Å². The Morgan fingerprint density at radius 1 is 1.36 bits per heavy atom. The molecule has 7 nitrogen and oxygen atoms in total. The normalized spacial score (nSPS) is 17.0. The van der Waals surface area contributed by atoms with Crippen molar-refractivity contribution in [2.75, 3.05) is 26.7 Å². The molecule has 1 saturated heterocycles. The van der Waals surface area contributed by atoms with Gasteiger partial charge in [-0.05, 0) is 38.4 Å². The third-order valence-corrected chi connectivity index (χ3v) is 5.63. The van der Waals surface area contributed by atoms with Crippen molar-refractivity contribution in [3.63, 3.8) is 0 Å². The van der Waals surface area contributed by atoms with Crippen LogP contribution in [-0.2, 0) is 10.0 Å². The maximum absolute atomic E-state index is 12.5. The molecule has 1 fully saturated rings. The summed E-state index contributed by atoms with van der Waals surface area (Å²) >= 11 is 0. The fraction of sp³-hybridized carbons (Fsp3) is 0.538. The molecule has 1 heterocycles. The molecule has 1 N–H and O–H groups in total. The van der Waals surface area contributed by atoms with E-state index in [2.05, 4.69) is 5.32 Å². The quantitative estimate of drug-likeness (QED) is 0.644. The first-order valence-electron chi connectivity index (χ1n) is 6.84. The van der Waals surface area contributed by atoms with Gasteiger partial charge in [0.05, 0.1) is 9.82 Å². The number of hydrogen-bond acceptors (Lipinski definition) is 5. The van der Waals surface area contributed by atoms with E-state index in [9.17, 15) is 18.5 Å². The monoisotopic (exact) mass is 349 g/mol. The molecule has 0 amide bonds. The third-order valence-electron chi connectivity index (χ3n) is 3.73. The molecule has 0 radical (unpaired) electrons. The maximum Gasteiger partial charge on any atom is 0.270 e. The molecule has 0 aliphatic carbocycles. The Bertz CT molecular complexity index is 615. The van der Waals surface area contributed by atoms with Crippen LogP contribution in [0.4, 0.5) is 5.69 Å². The molecule has 0 saturated carbocycles. The van der Waals surface area contributed by atoms with Crippen molar-refractivity contribution in [2.45, 2.75) is 17.7 Å². The van der Waals surface area contributed by atoms with Gasteiger partial charge in [-0.15, -0.1) is 12.4 Å². The molecule has 1 aliphatic rings. The number of hydrogen-bond donors (Lipinski definition) is 1. The van der Waals surface area contributed by atoms with Gasteiger partial charge in [0.25, 0.3) is 5.69 Å². The topological polar surface area (TPSA) is 92.6 Å². The van der Waals surface area contributed by atoms with E-state index < -0.39 is 14.9 Å². The average Bonchev–Trinajstić information content (AvgIpc) is 2.48. The van der Waals surface area contributed by atoms with E-state index in [1.54, 1.807) is 0 Å². The summed E-state index contributed by atoms with van der Waals surface area (Å²) in [5, 5.41) is 13.9. The van der Waals surface area contributed by atoms with Gasteiger partial charge in [0.15, 0.2) is 0 Å².